The number of nitrogens with zero attached hydrogens (tertiary/aromatic N) is 2. The number of aliphatic hydroxyl groups is 1. The normalized spacial score (nSPS) is 13.0. The second kappa shape index (κ2) is 11.5. The van der Waals surface area contributed by atoms with E-state index in [4.69, 9.17) is 21.1 Å². The van der Waals surface area contributed by atoms with Gasteiger partial charge in [0.05, 0.1) is 38.6 Å². The molecule has 172 valence electrons. The van der Waals surface area contributed by atoms with Gasteiger partial charge >= 0.3 is 5.97 Å². The van der Waals surface area contributed by atoms with E-state index >= 15 is 0 Å². The summed E-state index contributed by atoms with van der Waals surface area (Å²) >= 11 is 7.85. The highest BCUT2D eigenvalue weighted by atomic mass is 35.5. The van der Waals surface area contributed by atoms with Crippen molar-refractivity contribution in [3.05, 3.63) is 69.6 Å². The Hall–Kier alpha value is -2.35. The maximum Gasteiger partial charge on any atom is 0.312 e. The largest absolute Gasteiger partial charge is 0.487 e. The van der Waals surface area contributed by atoms with Crippen molar-refractivity contribution >= 4 is 28.9 Å². The van der Waals surface area contributed by atoms with Crippen molar-refractivity contribution in [2.24, 2.45) is 5.92 Å². The second-order valence-electron chi connectivity index (χ2n) is 7.58. The van der Waals surface area contributed by atoms with E-state index in [-0.39, 0.29) is 0 Å². The van der Waals surface area contributed by atoms with Gasteiger partial charge in [-0.25, -0.2) is 4.98 Å². The molecule has 0 saturated carbocycles. The molecule has 32 heavy (non-hydrogen) atoms. The first kappa shape index (κ1) is 24.3. The summed E-state index contributed by atoms with van der Waals surface area (Å²) in [5.41, 5.74) is 1.51. The number of hydrogen-bond acceptors (Lipinski definition) is 6. The summed E-state index contributed by atoms with van der Waals surface area (Å²) in [6, 6.07) is 11.4. The zero-order valence-corrected chi connectivity index (χ0v) is 20.2. The first-order valence-corrected chi connectivity index (χ1v) is 11.8. The van der Waals surface area contributed by atoms with Crippen LogP contribution in [-0.4, -0.2) is 34.8 Å². The van der Waals surface area contributed by atoms with Crippen LogP contribution in [0.4, 0.5) is 0 Å². The molecule has 0 radical (unpaired) electrons. The molecule has 0 aliphatic rings. The lowest BCUT2D eigenvalue weighted by molar-refractivity contribution is -0.149. The molecule has 0 aliphatic heterocycles. The number of unbranched alkanes of at least 4 members (excludes halogenated alkanes) is 1. The number of aliphatic hydroxyl groups excluding tert-OH is 1. The monoisotopic (exact) mass is 476 g/mol. The van der Waals surface area contributed by atoms with Crippen LogP contribution < -0.4 is 4.74 Å². The van der Waals surface area contributed by atoms with Crippen LogP contribution in [0.15, 0.2) is 42.6 Å². The van der Waals surface area contributed by atoms with Crippen LogP contribution in [0.3, 0.4) is 0 Å². The third kappa shape index (κ3) is 5.71. The molecular formula is C24H29ClN2O4S. The number of carbonyl (C=O) groups excluding carboxylic acids is 1. The predicted molar refractivity (Wildman–Crippen MR) is 126 cm³/mol. The number of methoxy groups -OCH3 is 2. The van der Waals surface area contributed by atoms with Gasteiger partial charge in [0.2, 0.25) is 0 Å². The average Bonchev–Trinajstić information content (AvgIpc) is 3.43. The number of rotatable bonds is 11. The Balaban J connectivity index is 1.95. The number of ether oxygens (including phenoxy) is 2. The molecule has 0 bridgehead atoms. The summed E-state index contributed by atoms with van der Waals surface area (Å²) in [4.78, 5) is 18.2. The molecule has 0 saturated heterocycles. The Labute approximate surface area is 197 Å². The first-order chi connectivity index (χ1) is 15.5. The van der Waals surface area contributed by atoms with E-state index in [1.165, 1.54) is 18.4 Å². The van der Waals surface area contributed by atoms with Crippen LogP contribution in [0.25, 0.3) is 0 Å². The van der Waals surface area contributed by atoms with E-state index < -0.39 is 18.0 Å². The van der Waals surface area contributed by atoms with Gasteiger partial charge in [0.15, 0.2) is 5.06 Å². The van der Waals surface area contributed by atoms with Gasteiger partial charge in [0.25, 0.3) is 0 Å². The van der Waals surface area contributed by atoms with Crippen LogP contribution in [0.5, 0.6) is 5.06 Å². The number of hydrogen-bond donors (Lipinski definition) is 1. The minimum Gasteiger partial charge on any atom is -0.487 e. The number of imidazole rings is 1. The van der Waals surface area contributed by atoms with Gasteiger partial charge in [0, 0.05) is 16.3 Å². The Morgan fingerprint density at radius 2 is 2.03 bits per heavy atom. The summed E-state index contributed by atoms with van der Waals surface area (Å²) in [6.07, 6.45) is 3.70. The zero-order chi connectivity index (χ0) is 23.1. The summed E-state index contributed by atoms with van der Waals surface area (Å²) in [5.74, 6) is -0.378. The Kier molecular flexibility index (Phi) is 8.73. The van der Waals surface area contributed by atoms with Gasteiger partial charge in [-0.1, -0.05) is 43.1 Å². The van der Waals surface area contributed by atoms with Gasteiger partial charge < -0.3 is 19.1 Å². The highest BCUT2D eigenvalue weighted by Gasteiger charge is 2.33. The molecule has 0 aliphatic carbocycles. The van der Waals surface area contributed by atoms with Crippen LogP contribution >= 0.6 is 22.9 Å². The van der Waals surface area contributed by atoms with Crippen molar-refractivity contribution in [2.75, 3.05) is 14.2 Å². The lowest BCUT2D eigenvalue weighted by Gasteiger charge is -2.22. The number of aromatic nitrogens is 2. The molecule has 0 spiro atoms. The molecule has 0 fully saturated rings. The summed E-state index contributed by atoms with van der Waals surface area (Å²) in [5, 5.41) is 12.8. The fraction of sp³-hybridized carbons (Fsp3) is 0.417. The SMILES string of the molecule is CCCCc1ncc(C(O)C(Cc2ccc(OC)s2)C(=O)OC)n1Cc1ccccc1Cl. The van der Waals surface area contributed by atoms with E-state index in [1.807, 2.05) is 41.0 Å². The van der Waals surface area contributed by atoms with Crippen molar-refractivity contribution < 1.29 is 19.4 Å². The lowest BCUT2D eigenvalue weighted by Crippen LogP contribution is -2.27. The molecule has 2 aromatic heterocycles. The molecule has 1 N–H and O–H groups in total. The smallest absolute Gasteiger partial charge is 0.312 e. The fourth-order valence-electron chi connectivity index (χ4n) is 3.65. The van der Waals surface area contributed by atoms with Crippen molar-refractivity contribution in [3.8, 4) is 5.06 Å². The number of halogens is 1. The minimum absolute atomic E-state index is 0.337. The molecule has 2 heterocycles. The average molecular weight is 477 g/mol. The topological polar surface area (TPSA) is 73.6 Å². The van der Waals surface area contributed by atoms with Crippen molar-refractivity contribution in [2.45, 2.75) is 45.3 Å². The van der Waals surface area contributed by atoms with Crippen molar-refractivity contribution in [3.63, 3.8) is 0 Å². The molecule has 3 aromatic rings. The van der Waals surface area contributed by atoms with Crippen LogP contribution in [0, 0.1) is 5.92 Å². The molecule has 0 amide bonds. The minimum atomic E-state index is -1.08. The number of aryl methyl sites for hydroxylation is 1. The highest BCUT2D eigenvalue weighted by Crippen LogP contribution is 2.33. The van der Waals surface area contributed by atoms with Crippen molar-refractivity contribution in [1.82, 2.24) is 9.55 Å². The number of thiophene rings is 1. The van der Waals surface area contributed by atoms with Gasteiger partial charge in [-0.05, 0) is 36.6 Å². The summed E-state index contributed by atoms with van der Waals surface area (Å²) in [6.45, 7) is 2.59. The van der Waals surface area contributed by atoms with Crippen LogP contribution in [0.2, 0.25) is 5.02 Å². The predicted octanol–water partition coefficient (Wildman–Crippen LogP) is 5.06. The molecule has 1 aromatic carbocycles. The van der Waals surface area contributed by atoms with Crippen LogP contribution in [0.1, 0.15) is 47.8 Å². The van der Waals surface area contributed by atoms with Crippen LogP contribution in [-0.2, 0) is 28.9 Å². The molecule has 3 rings (SSSR count). The van der Waals surface area contributed by atoms with E-state index in [0.717, 1.165) is 40.6 Å². The number of carbonyl (C=O) groups is 1. The highest BCUT2D eigenvalue weighted by molar-refractivity contribution is 7.13. The van der Waals surface area contributed by atoms with Gasteiger partial charge in [0.1, 0.15) is 11.9 Å². The van der Waals surface area contributed by atoms with Gasteiger partial charge in [-0.15, -0.1) is 11.3 Å². The molecule has 6 nitrogen and oxygen atoms in total. The van der Waals surface area contributed by atoms with Gasteiger partial charge in [-0.3, -0.25) is 4.79 Å². The molecular weight excluding hydrogens is 448 g/mol. The van der Waals surface area contributed by atoms with E-state index in [2.05, 4.69) is 11.9 Å². The third-order valence-corrected chi connectivity index (χ3v) is 6.89. The number of esters is 1. The van der Waals surface area contributed by atoms with E-state index in [0.29, 0.717) is 23.7 Å². The molecule has 8 heteroatoms. The standard InChI is InChI=1S/C24H29ClN2O4S/c1-4-5-10-21-26-14-20(27(21)15-16-8-6-7-9-19(16)25)23(28)18(24(29)31-3)13-17-11-12-22(30-2)32-17/h6-9,11-12,14,18,23,28H,4-5,10,13,15H2,1-3H3. The van der Waals surface area contributed by atoms with Gasteiger partial charge in [-0.2, -0.15) is 0 Å². The molecule has 2 unspecified atom stereocenters. The summed E-state index contributed by atoms with van der Waals surface area (Å²) in [7, 11) is 2.94. The first-order valence-electron chi connectivity index (χ1n) is 10.6. The lowest BCUT2D eigenvalue weighted by atomic mass is 9.95. The second-order valence-corrected chi connectivity index (χ2v) is 9.12. The Morgan fingerprint density at radius 1 is 1.25 bits per heavy atom. The quantitative estimate of drug-likeness (QED) is 0.391. The maximum absolute atomic E-state index is 12.7. The van der Waals surface area contributed by atoms with Crippen molar-refractivity contribution in [1.29, 1.82) is 0 Å². The molecule has 2 atom stereocenters. The Morgan fingerprint density at radius 3 is 2.69 bits per heavy atom. The van der Waals surface area contributed by atoms with E-state index in [1.54, 1.807) is 13.3 Å². The fourth-order valence-corrected chi connectivity index (χ4v) is 4.73. The Bertz CT molecular complexity index is 1030. The summed E-state index contributed by atoms with van der Waals surface area (Å²) < 4.78 is 12.3. The van der Waals surface area contributed by atoms with E-state index in [9.17, 15) is 9.90 Å². The maximum atomic E-state index is 12.7. The zero-order valence-electron chi connectivity index (χ0n) is 18.6. The number of benzene rings is 1. The third-order valence-electron chi connectivity index (χ3n) is 5.46.